The summed E-state index contributed by atoms with van der Waals surface area (Å²) in [7, 11) is 0. The number of rotatable bonds is 3. The third-order valence-electron chi connectivity index (χ3n) is 5.29. The van der Waals surface area contributed by atoms with Gasteiger partial charge >= 0.3 is 6.03 Å². The van der Waals surface area contributed by atoms with Gasteiger partial charge in [-0.1, -0.05) is 18.2 Å². The van der Waals surface area contributed by atoms with E-state index in [0.29, 0.717) is 13.1 Å². The molecule has 27 heavy (non-hydrogen) atoms. The van der Waals surface area contributed by atoms with Gasteiger partial charge in [-0.3, -0.25) is 0 Å². The van der Waals surface area contributed by atoms with Crippen LogP contribution in [0.2, 0.25) is 0 Å². The molecule has 0 atom stereocenters. The van der Waals surface area contributed by atoms with Gasteiger partial charge in [-0.2, -0.15) is 4.98 Å². The zero-order valence-corrected chi connectivity index (χ0v) is 15.8. The summed E-state index contributed by atoms with van der Waals surface area (Å²) in [6.07, 6.45) is 4.26. The highest BCUT2D eigenvalue weighted by molar-refractivity contribution is 5.90. The van der Waals surface area contributed by atoms with E-state index in [-0.39, 0.29) is 6.03 Å². The topological polar surface area (TPSA) is 64.6 Å². The third-order valence-corrected chi connectivity index (χ3v) is 5.29. The van der Waals surface area contributed by atoms with Crippen LogP contribution in [0.1, 0.15) is 18.4 Å². The number of benzene rings is 1. The number of hydrogen-bond donors (Lipinski definition) is 1. The minimum Gasteiger partial charge on any atom is -0.353 e. The lowest BCUT2D eigenvalue weighted by atomic mass is 10.2. The van der Waals surface area contributed by atoms with Crippen molar-refractivity contribution in [1.29, 1.82) is 0 Å². The molecule has 0 radical (unpaired) electrons. The molecule has 0 spiro atoms. The maximum atomic E-state index is 12.6. The number of hydrogen-bond acceptors (Lipinski definition) is 5. The second-order valence-corrected chi connectivity index (χ2v) is 7.13. The summed E-state index contributed by atoms with van der Waals surface area (Å²) in [5.74, 6) is 1.77. The number of carbonyl (C=O) groups excluding carboxylic acids is 1. The van der Waals surface area contributed by atoms with Crippen LogP contribution in [0, 0.1) is 6.92 Å². The first-order valence-corrected chi connectivity index (χ1v) is 9.65. The Labute approximate surface area is 160 Å². The molecule has 3 heterocycles. The number of nitrogens with zero attached hydrogens (tertiary/aromatic N) is 5. The average Bonchev–Trinajstić information content (AvgIpc) is 3.25. The highest BCUT2D eigenvalue weighted by Crippen LogP contribution is 2.20. The molecular weight excluding hydrogens is 340 g/mol. The average molecular weight is 366 g/mol. The van der Waals surface area contributed by atoms with Crippen molar-refractivity contribution in [3.8, 4) is 0 Å². The number of amides is 2. The Bertz CT molecular complexity index is 797. The Hall–Kier alpha value is -2.83. The van der Waals surface area contributed by atoms with Crippen molar-refractivity contribution in [3.63, 3.8) is 0 Å². The maximum Gasteiger partial charge on any atom is 0.321 e. The Morgan fingerprint density at radius 3 is 2.44 bits per heavy atom. The molecule has 1 N–H and O–H groups in total. The molecule has 2 aliphatic rings. The number of urea groups is 1. The Morgan fingerprint density at radius 1 is 0.963 bits per heavy atom. The van der Waals surface area contributed by atoms with Crippen LogP contribution in [0.4, 0.5) is 22.2 Å². The minimum absolute atomic E-state index is 0.0376. The van der Waals surface area contributed by atoms with Crippen LogP contribution in [0.3, 0.4) is 0 Å². The maximum absolute atomic E-state index is 12.6. The number of aryl methyl sites for hydroxylation is 1. The van der Waals surface area contributed by atoms with Crippen LogP contribution in [-0.4, -0.2) is 60.2 Å². The van der Waals surface area contributed by atoms with Gasteiger partial charge in [0.05, 0.1) is 0 Å². The van der Waals surface area contributed by atoms with Crippen LogP contribution in [0.5, 0.6) is 0 Å². The highest BCUT2D eigenvalue weighted by atomic mass is 16.2. The molecule has 2 aromatic rings. The van der Waals surface area contributed by atoms with Gasteiger partial charge in [0.2, 0.25) is 5.95 Å². The Balaban J connectivity index is 1.35. The molecule has 1 aromatic carbocycles. The van der Waals surface area contributed by atoms with Crippen molar-refractivity contribution in [2.24, 2.45) is 0 Å². The van der Waals surface area contributed by atoms with E-state index in [1.54, 1.807) is 0 Å². The predicted octanol–water partition coefficient (Wildman–Crippen LogP) is 2.74. The lowest BCUT2D eigenvalue weighted by molar-refractivity contribution is 0.208. The number of nitrogens with one attached hydrogen (secondary N) is 1. The van der Waals surface area contributed by atoms with Gasteiger partial charge in [-0.05, 0) is 37.5 Å². The first kappa shape index (κ1) is 17.6. The molecule has 0 saturated carbocycles. The van der Waals surface area contributed by atoms with Gasteiger partial charge in [0.15, 0.2) is 0 Å². The van der Waals surface area contributed by atoms with Gasteiger partial charge in [-0.25, -0.2) is 9.78 Å². The summed E-state index contributed by atoms with van der Waals surface area (Å²) in [5.41, 5.74) is 1.94. The number of anilines is 3. The Morgan fingerprint density at radius 2 is 1.70 bits per heavy atom. The van der Waals surface area contributed by atoms with Gasteiger partial charge in [0.25, 0.3) is 0 Å². The number of para-hydroxylation sites is 1. The number of aromatic nitrogens is 2. The van der Waals surface area contributed by atoms with E-state index in [1.807, 2.05) is 48.4 Å². The van der Waals surface area contributed by atoms with Gasteiger partial charge < -0.3 is 20.0 Å². The minimum atomic E-state index is -0.0376. The summed E-state index contributed by atoms with van der Waals surface area (Å²) in [6.45, 7) is 6.99. The molecule has 142 valence electrons. The molecule has 7 heteroatoms. The molecule has 2 amide bonds. The standard InChI is InChI=1S/C20H26N6O/c1-16-6-2-3-7-17(16)22-20(27)26-14-12-24(13-15-26)18-8-9-21-19(23-18)25-10-4-5-11-25/h2-3,6-9H,4-5,10-15H2,1H3,(H,22,27). The van der Waals surface area contributed by atoms with Crippen LogP contribution in [0.15, 0.2) is 36.5 Å². The first-order chi connectivity index (χ1) is 13.2. The molecule has 1 aromatic heterocycles. The fourth-order valence-electron chi connectivity index (χ4n) is 3.63. The molecular formula is C20H26N6O. The molecule has 2 saturated heterocycles. The van der Waals surface area contributed by atoms with Crippen molar-refractivity contribution in [1.82, 2.24) is 14.9 Å². The van der Waals surface area contributed by atoms with Gasteiger partial charge in [-0.15, -0.1) is 0 Å². The Kier molecular flexibility index (Phi) is 5.09. The molecule has 2 aliphatic heterocycles. The zero-order chi connectivity index (χ0) is 18.6. The molecule has 0 aliphatic carbocycles. The van der Waals surface area contributed by atoms with Crippen LogP contribution < -0.4 is 15.1 Å². The largest absolute Gasteiger partial charge is 0.353 e. The lowest BCUT2D eigenvalue weighted by Crippen LogP contribution is -2.50. The molecule has 0 bridgehead atoms. The van der Waals surface area contributed by atoms with E-state index in [1.165, 1.54) is 12.8 Å². The fourth-order valence-corrected chi connectivity index (χ4v) is 3.63. The molecule has 0 unspecified atom stereocenters. The lowest BCUT2D eigenvalue weighted by Gasteiger charge is -2.35. The van der Waals surface area contributed by atoms with E-state index < -0.39 is 0 Å². The quantitative estimate of drug-likeness (QED) is 0.905. The van der Waals surface area contributed by atoms with Gasteiger partial charge in [0.1, 0.15) is 5.82 Å². The zero-order valence-electron chi connectivity index (χ0n) is 15.8. The predicted molar refractivity (Wildman–Crippen MR) is 107 cm³/mol. The SMILES string of the molecule is Cc1ccccc1NC(=O)N1CCN(c2ccnc(N3CCCC3)n2)CC1. The fraction of sp³-hybridized carbons (Fsp3) is 0.450. The van der Waals surface area contributed by atoms with Gasteiger partial charge in [0, 0.05) is 51.2 Å². The molecule has 4 rings (SSSR count). The number of carbonyl (C=O) groups is 1. The summed E-state index contributed by atoms with van der Waals surface area (Å²) < 4.78 is 0. The van der Waals surface area contributed by atoms with Crippen molar-refractivity contribution in [3.05, 3.63) is 42.1 Å². The van der Waals surface area contributed by atoms with E-state index in [0.717, 1.165) is 49.2 Å². The van der Waals surface area contributed by atoms with E-state index in [9.17, 15) is 4.79 Å². The normalized spacial score (nSPS) is 17.3. The van der Waals surface area contributed by atoms with Crippen LogP contribution in [-0.2, 0) is 0 Å². The van der Waals surface area contributed by atoms with E-state index in [4.69, 9.17) is 4.98 Å². The second kappa shape index (κ2) is 7.82. The van der Waals surface area contributed by atoms with E-state index >= 15 is 0 Å². The first-order valence-electron chi connectivity index (χ1n) is 9.65. The summed E-state index contributed by atoms with van der Waals surface area (Å²) in [4.78, 5) is 28.1. The monoisotopic (exact) mass is 366 g/mol. The summed E-state index contributed by atoms with van der Waals surface area (Å²) in [5, 5.41) is 3.02. The van der Waals surface area contributed by atoms with Crippen LogP contribution >= 0.6 is 0 Å². The van der Waals surface area contributed by atoms with Crippen LogP contribution in [0.25, 0.3) is 0 Å². The summed E-state index contributed by atoms with van der Waals surface area (Å²) >= 11 is 0. The number of piperazine rings is 1. The molecule has 2 fully saturated rings. The molecule has 7 nitrogen and oxygen atoms in total. The van der Waals surface area contributed by atoms with Crippen molar-refractivity contribution < 1.29 is 4.79 Å². The second-order valence-electron chi connectivity index (χ2n) is 7.13. The smallest absolute Gasteiger partial charge is 0.321 e. The summed E-state index contributed by atoms with van der Waals surface area (Å²) in [6, 6.07) is 9.77. The van der Waals surface area contributed by atoms with Crippen molar-refractivity contribution in [2.75, 3.05) is 54.4 Å². The highest BCUT2D eigenvalue weighted by Gasteiger charge is 2.23. The van der Waals surface area contributed by atoms with Crippen molar-refractivity contribution >= 4 is 23.5 Å². The third kappa shape index (κ3) is 3.97. The van der Waals surface area contributed by atoms with E-state index in [2.05, 4.69) is 20.1 Å². The van der Waals surface area contributed by atoms with Crippen molar-refractivity contribution in [2.45, 2.75) is 19.8 Å².